The van der Waals surface area contributed by atoms with Gasteiger partial charge < -0.3 is 24.8 Å². The molecule has 0 aromatic heterocycles. The molecule has 4 atom stereocenters. The van der Waals surface area contributed by atoms with E-state index in [1.54, 1.807) is 13.8 Å². The van der Waals surface area contributed by atoms with Crippen LogP contribution in [-0.4, -0.2) is 51.5 Å². The highest BCUT2D eigenvalue weighted by Crippen LogP contribution is 2.30. The van der Waals surface area contributed by atoms with Gasteiger partial charge >= 0.3 is 5.97 Å². The fourth-order valence-electron chi connectivity index (χ4n) is 1.61. The highest BCUT2D eigenvalue weighted by atomic mass is 16.7. The summed E-state index contributed by atoms with van der Waals surface area (Å²) in [5, 5.41) is 29.2. The standard InChI is InChI=1S/C11H20O6/c1-5(2)9(14)16-7-6(12)8(13)11(3,4)17-10(7)15/h5-8,10,12-13,15H,1-4H3/t6-,7+,8?,10-/m1/s1. The third kappa shape index (κ3) is 2.95. The van der Waals surface area contributed by atoms with Crippen LogP contribution in [0.2, 0.25) is 0 Å². The van der Waals surface area contributed by atoms with Gasteiger partial charge in [0.15, 0.2) is 12.4 Å². The van der Waals surface area contributed by atoms with Crippen LogP contribution in [0.15, 0.2) is 0 Å². The molecule has 1 heterocycles. The number of rotatable bonds is 2. The van der Waals surface area contributed by atoms with Gasteiger partial charge in [0.1, 0.15) is 12.2 Å². The molecule has 0 bridgehead atoms. The summed E-state index contributed by atoms with van der Waals surface area (Å²) in [4.78, 5) is 11.4. The first-order valence-corrected chi connectivity index (χ1v) is 5.59. The zero-order valence-electron chi connectivity index (χ0n) is 10.5. The average molecular weight is 248 g/mol. The summed E-state index contributed by atoms with van der Waals surface area (Å²) in [6.45, 7) is 6.32. The molecule has 6 heteroatoms. The number of aliphatic hydroxyl groups excluding tert-OH is 3. The minimum absolute atomic E-state index is 0.388. The highest BCUT2D eigenvalue weighted by Gasteiger charge is 2.50. The molecule has 0 amide bonds. The van der Waals surface area contributed by atoms with E-state index in [0.29, 0.717) is 0 Å². The van der Waals surface area contributed by atoms with Crippen LogP contribution in [0.4, 0.5) is 0 Å². The topological polar surface area (TPSA) is 96.2 Å². The van der Waals surface area contributed by atoms with Crippen molar-refractivity contribution in [2.75, 3.05) is 0 Å². The van der Waals surface area contributed by atoms with Gasteiger partial charge in [-0.05, 0) is 13.8 Å². The van der Waals surface area contributed by atoms with Crippen LogP contribution in [0, 0.1) is 5.92 Å². The minimum atomic E-state index is -1.45. The Morgan fingerprint density at radius 3 is 2.29 bits per heavy atom. The van der Waals surface area contributed by atoms with Gasteiger partial charge in [0.05, 0.1) is 11.5 Å². The second-order valence-corrected chi connectivity index (χ2v) is 5.10. The molecule has 0 saturated carbocycles. The normalized spacial score (nSPS) is 36.9. The lowest BCUT2D eigenvalue weighted by Crippen LogP contribution is -2.63. The fourth-order valence-corrected chi connectivity index (χ4v) is 1.61. The molecule has 1 aliphatic heterocycles. The van der Waals surface area contributed by atoms with E-state index in [9.17, 15) is 20.1 Å². The molecule has 1 rings (SSSR count). The molecule has 1 fully saturated rings. The Morgan fingerprint density at radius 2 is 1.82 bits per heavy atom. The lowest BCUT2D eigenvalue weighted by atomic mass is 9.90. The first-order chi connectivity index (χ1) is 7.66. The third-order valence-corrected chi connectivity index (χ3v) is 2.80. The minimum Gasteiger partial charge on any atom is -0.454 e. The summed E-state index contributed by atoms with van der Waals surface area (Å²) in [6, 6.07) is 0. The van der Waals surface area contributed by atoms with E-state index in [1.165, 1.54) is 13.8 Å². The zero-order valence-corrected chi connectivity index (χ0v) is 10.5. The number of aliphatic hydroxyl groups is 3. The number of hydrogen-bond acceptors (Lipinski definition) is 6. The van der Waals surface area contributed by atoms with Crippen molar-refractivity contribution in [1.82, 2.24) is 0 Å². The quantitative estimate of drug-likeness (QED) is 0.565. The van der Waals surface area contributed by atoms with Gasteiger partial charge in [0.25, 0.3) is 0 Å². The first-order valence-electron chi connectivity index (χ1n) is 5.59. The van der Waals surface area contributed by atoms with Crippen molar-refractivity contribution < 1.29 is 29.6 Å². The molecule has 0 aromatic rings. The number of carbonyl (C=O) groups is 1. The molecule has 17 heavy (non-hydrogen) atoms. The largest absolute Gasteiger partial charge is 0.454 e. The van der Waals surface area contributed by atoms with E-state index in [0.717, 1.165) is 0 Å². The van der Waals surface area contributed by atoms with Crippen molar-refractivity contribution in [3.63, 3.8) is 0 Å². The van der Waals surface area contributed by atoms with Crippen molar-refractivity contribution >= 4 is 5.97 Å². The lowest BCUT2D eigenvalue weighted by Gasteiger charge is -2.44. The molecular formula is C11H20O6. The second kappa shape index (κ2) is 4.89. The van der Waals surface area contributed by atoms with Gasteiger partial charge in [-0.15, -0.1) is 0 Å². The first kappa shape index (κ1) is 14.4. The lowest BCUT2D eigenvalue weighted by molar-refractivity contribution is -0.313. The second-order valence-electron chi connectivity index (χ2n) is 5.10. The maximum absolute atomic E-state index is 11.4. The van der Waals surface area contributed by atoms with Crippen molar-refractivity contribution in [3.8, 4) is 0 Å². The predicted octanol–water partition coefficient (Wildman–Crippen LogP) is -0.597. The van der Waals surface area contributed by atoms with E-state index in [1.807, 2.05) is 0 Å². The Hall–Kier alpha value is -0.690. The zero-order chi connectivity index (χ0) is 13.4. The average Bonchev–Trinajstić information content (AvgIpc) is 2.20. The number of hydrogen-bond donors (Lipinski definition) is 3. The van der Waals surface area contributed by atoms with Gasteiger partial charge in [0.2, 0.25) is 0 Å². The maximum atomic E-state index is 11.4. The molecule has 100 valence electrons. The van der Waals surface area contributed by atoms with Crippen LogP contribution in [0.5, 0.6) is 0 Å². The smallest absolute Gasteiger partial charge is 0.308 e. The summed E-state index contributed by atoms with van der Waals surface area (Å²) in [7, 11) is 0. The summed E-state index contributed by atoms with van der Waals surface area (Å²) in [6.07, 6.45) is -5.34. The van der Waals surface area contributed by atoms with E-state index in [-0.39, 0.29) is 5.92 Å². The Morgan fingerprint density at radius 1 is 1.29 bits per heavy atom. The molecule has 0 aliphatic carbocycles. The molecule has 1 unspecified atom stereocenters. The van der Waals surface area contributed by atoms with Crippen LogP contribution >= 0.6 is 0 Å². The summed E-state index contributed by atoms with van der Waals surface area (Å²) < 4.78 is 10.0. The fraction of sp³-hybridized carbons (Fsp3) is 0.909. The Balaban J connectivity index is 2.77. The number of ether oxygens (including phenoxy) is 2. The molecule has 0 radical (unpaired) electrons. The van der Waals surface area contributed by atoms with Crippen molar-refractivity contribution in [2.24, 2.45) is 5.92 Å². The van der Waals surface area contributed by atoms with E-state index in [2.05, 4.69) is 0 Å². The van der Waals surface area contributed by atoms with Crippen LogP contribution in [0.3, 0.4) is 0 Å². The predicted molar refractivity (Wildman–Crippen MR) is 57.9 cm³/mol. The highest BCUT2D eigenvalue weighted by molar-refractivity contribution is 5.71. The summed E-state index contributed by atoms with van der Waals surface area (Å²) in [5.41, 5.74) is -1.10. The van der Waals surface area contributed by atoms with Crippen LogP contribution in [-0.2, 0) is 14.3 Å². The molecule has 0 aromatic carbocycles. The summed E-state index contributed by atoms with van der Waals surface area (Å²) in [5.74, 6) is -0.954. The monoisotopic (exact) mass is 248 g/mol. The third-order valence-electron chi connectivity index (χ3n) is 2.80. The molecule has 6 nitrogen and oxygen atoms in total. The Labute approximate surface area is 100 Å². The van der Waals surface area contributed by atoms with Gasteiger partial charge in [-0.3, -0.25) is 4.79 Å². The van der Waals surface area contributed by atoms with Gasteiger partial charge in [-0.2, -0.15) is 0 Å². The van der Waals surface area contributed by atoms with Gasteiger partial charge in [0, 0.05) is 0 Å². The van der Waals surface area contributed by atoms with Crippen LogP contribution in [0.25, 0.3) is 0 Å². The molecule has 3 N–H and O–H groups in total. The summed E-state index contributed by atoms with van der Waals surface area (Å²) >= 11 is 0. The molecule has 0 spiro atoms. The Bertz CT molecular complexity index is 288. The van der Waals surface area contributed by atoms with Crippen molar-refractivity contribution in [3.05, 3.63) is 0 Å². The Kier molecular flexibility index (Phi) is 4.14. The van der Waals surface area contributed by atoms with Crippen LogP contribution < -0.4 is 0 Å². The van der Waals surface area contributed by atoms with Crippen molar-refractivity contribution in [2.45, 2.75) is 57.9 Å². The SMILES string of the molecule is CC(C)C(=O)O[C@@H]1[C@H](O)OC(C)(C)C(O)[C@@H]1O. The number of esters is 1. The maximum Gasteiger partial charge on any atom is 0.308 e. The van der Waals surface area contributed by atoms with Gasteiger partial charge in [-0.25, -0.2) is 0 Å². The molecule has 1 saturated heterocycles. The molecule has 1 aliphatic rings. The number of carbonyl (C=O) groups excluding carboxylic acids is 1. The van der Waals surface area contributed by atoms with E-state index < -0.39 is 36.2 Å². The van der Waals surface area contributed by atoms with E-state index >= 15 is 0 Å². The molecular weight excluding hydrogens is 228 g/mol. The van der Waals surface area contributed by atoms with Crippen LogP contribution in [0.1, 0.15) is 27.7 Å². The van der Waals surface area contributed by atoms with E-state index in [4.69, 9.17) is 9.47 Å². The van der Waals surface area contributed by atoms with Crippen molar-refractivity contribution in [1.29, 1.82) is 0 Å². The van der Waals surface area contributed by atoms with Gasteiger partial charge in [-0.1, -0.05) is 13.8 Å².